The van der Waals surface area contributed by atoms with Gasteiger partial charge in [0.25, 0.3) is 5.56 Å². The number of amides is 1. The molecule has 1 amide bonds. The zero-order chi connectivity index (χ0) is 19.6. The summed E-state index contributed by atoms with van der Waals surface area (Å²) in [4.78, 5) is 38.2. The minimum Gasteiger partial charge on any atom is -0.324 e. The van der Waals surface area contributed by atoms with Crippen LogP contribution in [0, 0.1) is 0 Å². The number of anilines is 1. The molecule has 1 N–H and O–H groups in total. The standard InChI is InChI=1S/C20H20ClN3O3/c1-3-13(2)24-19(26)16-9-4-5-10-17(16)23(20(24)27)12-18(25)22-15-8-6-7-14(21)11-15/h4-11,13H,3,12H2,1-2H3,(H,22,25)/t13-/m0/s1. The molecule has 3 aromatic rings. The molecule has 1 aromatic heterocycles. The predicted octanol–water partition coefficient (Wildman–Crippen LogP) is 3.43. The quantitative estimate of drug-likeness (QED) is 0.731. The fourth-order valence-electron chi connectivity index (χ4n) is 2.97. The van der Waals surface area contributed by atoms with Crippen LogP contribution in [0.5, 0.6) is 0 Å². The molecule has 0 saturated heterocycles. The summed E-state index contributed by atoms with van der Waals surface area (Å²) in [6.45, 7) is 3.51. The number of carbonyl (C=O) groups excluding carboxylic acids is 1. The van der Waals surface area contributed by atoms with E-state index in [1.165, 1.54) is 9.13 Å². The lowest BCUT2D eigenvalue weighted by atomic mass is 10.2. The Hall–Kier alpha value is -2.86. The highest BCUT2D eigenvalue weighted by atomic mass is 35.5. The van der Waals surface area contributed by atoms with Crippen molar-refractivity contribution >= 4 is 34.1 Å². The van der Waals surface area contributed by atoms with Crippen LogP contribution in [0.15, 0.2) is 58.1 Å². The molecule has 1 atom stereocenters. The smallest absolute Gasteiger partial charge is 0.324 e. The van der Waals surface area contributed by atoms with Crippen LogP contribution in [0.25, 0.3) is 10.9 Å². The molecule has 6 nitrogen and oxygen atoms in total. The largest absolute Gasteiger partial charge is 0.332 e. The van der Waals surface area contributed by atoms with Gasteiger partial charge in [-0.2, -0.15) is 0 Å². The van der Waals surface area contributed by atoms with E-state index in [0.717, 1.165) is 0 Å². The third kappa shape index (κ3) is 3.80. The van der Waals surface area contributed by atoms with Crippen molar-refractivity contribution in [1.82, 2.24) is 9.13 Å². The van der Waals surface area contributed by atoms with Gasteiger partial charge in [-0.3, -0.25) is 18.7 Å². The number of rotatable bonds is 5. The second-order valence-corrected chi connectivity index (χ2v) is 6.81. The molecule has 0 spiro atoms. The molecular formula is C20H20ClN3O3. The van der Waals surface area contributed by atoms with Gasteiger partial charge in [0, 0.05) is 16.8 Å². The summed E-state index contributed by atoms with van der Waals surface area (Å²) in [5.74, 6) is -0.376. The Labute approximate surface area is 161 Å². The monoisotopic (exact) mass is 385 g/mol. The van der Waals surface area contributed by atoms with Crippen molar-refractivity contribution in [3.8, 4) is 0 Å². The Morgan fingerprint density at radius 2 is 1.89 bits per heavy atom. The molecule has 2 aromatic carbocycles. The van der Waals surface area contributed by atoms with E-state index in [-0.39, 0.29) is 24.1 Å². The van der Waals surface area contributed by atoms with Gasteiger partial charge in [0.05, 0.1) is 10.9 Å². The molecule has 0 aliphatic carbocycles. The number of aromatic nitrogens is 2. The van der Waals surface area contributed by atoms with E-state index in [1.807, 2.05) is 13.8 Å². The molecule has 0 aliphatic rings. The fraction of sp³-hybridized carbons (Fsp3) is 0.250. The van der Waals surface area contributed by atoms with Gasteiger partial charge in [0.2, 0.25) is 5.91 Å². The number of hydrogen-bond donors (Lipinski definition) is 1. The Balaban J connectivity index is 2.06. The average Bonchev–Trinajstić information content (AvgIpc) is 2.65. The molecule has 0 radical (unpaired) electrons. The maximum atomic E-state index is 13.0. The first-order chi connectivity index (χ1) is 12.9. The van der Waals surface area contributed by atoms with Crippen molar-refractivity contribution in [1.29, 1.82) is 0 Å². The first-order valence-electron chi connectivity index (χ1n) is 8.72. The predicted molar refractivity (Wildman–Crippen MR) is 108 cm³/mol. The van der Waals surface area contributed by atoms with Gasteiger partial charge in [0.15, 0.2) is 0 Å². The van der Waals surface area contributed by atoms with Gasteiger partial charge < -0.3 is 5.32 Å². The lowest BCUT2D eigenvalue weighted by Gasteiger charge is -2.17. The maximum absolute atomic E-state index is 13.0. The van der Waals surface area contributed by atoms with Gasteiger partial charge in [-0.05, 0) is 43.7 Å². The summed E-state index contributed by atoms with van der Waals surface area (Å²) in [6.07, 6.45) is 0.627. The maximum Gasteiger partial charge on any atom is 0.332 e. The number of halogens is 1. The number of nitrogens with one attached hydrogen (secondary N) is 1. The van der Waals surface area contributed by atoms with Crippen LogP contribution in [0.1, 0.15) is 26.3 Å². The van der Waals surface area contributed by atoms with E-state index < -0.39 is 5.69 Å². The first-order valence-corrected chi connectivity index (χ1v) is 9.09. The summed E-state index contributed by atoms with van der Waals surface area (Å²) in [7, 11) is 0. The molecule has 0 unspecified atom stereocenters. The van der Waals surface area contributed by atoms with Crippen LogP contribution in [-0.2, 0) is 11.3 Å². The van der Waals surface area contributed by atoms with Crippen LogP contribution in [0.2, 0.25) is 5.02 Å². The number of para-hydroxylation sites is 1. The normalized spacial score (nSPS) is 12.1. The van der Waals surface area contributed by atoms with Crippen LogP contribution >= 0.6 is 11.6 Å². The highest BCUT2D eigenvalue weighted by Gasteiger charge is 2.18. The van der Waals surface area contributed by atoms with Gasteiger partial charge in [-0.25, -0.2) is 4.79 Å². The molecule has 27 heavy (non-hydrogen) atoms. The van der Waals surface area contributed by atoms with E-state index in [4.69, 9.17) is 11.6 Å². The van der Waals surface area contributed by atoms with Crippen molar-refractivity contribution in [2.24, 2.45) is 0 Å². The number of benzene rings is 2. The average molecular weight is 386 g/mol. The molecule has 0 bridgehead atoms. The molecule has 3 rings (SSSR count). The van der Waals surface area contributed by atoms with Crippen LogP contribution in [0.3, 0.4) is 0 Å². The Bertz CT molecular complexity index is 1120. The van der Waals surface area contributed by atoms with Gasteiger partial charge in [-0.1, -0.05) is 36.7 Å². The molecular weight excluding hydrogens is 366 g/mol. The SMILES string of the molecule is CC[C@H](C)n1c(=O)c2ccccc2n(CC(=O)Nc2cccc(Cl)c2)c1=O. The minimum absolute atomic E-state index is 0.206. The topological polar surface area (TPSA) is 73.1 Å². The molecule has 140 valence electrons. The number of nitrogens with zero attached hydrogens (tertiary/aromatic N) is 2. The highest BCUT2D eigenvalue weighted by Crippen LogP contribution is 2.15. The van der Waals surface area contributed by atoms with Gasteiger partial charge in [-0.15, -0.1) is 0 Å². The lowest BCUT2D eigenvalue weighted by molar-refractivity contribution is -0.116. The van der Waals surface area contributed by atoms with E-state index in [9.17, 15) is 14.4 Å². The molecule has 1 heterocycles. The van der Waals surface area contributed by atoms with Crippen molar-refractivity contribution < 1.29 is 4.79 Å². The summed E-state index contributed by atoms with van der Waals surface area (Å²) in [6, 6.07) is 13.3. The number of fused-ring (bicyclic) bond motifs is 1. The molecule has 0 fully saturated rings. The van der Waals surface area contributed by atoms with Crippen LogP contribution < -0.4 is 16.6 Å². The molecule has 0 aliphatic heterocycles. The minimum atomic E-state index is -0.491. The zero-order valence-corrected chi connectivity index (χ0v) is 15.9. The Morgan fingerprint density at radius 1 is 1.15 bits per heavy atom. The van der Waals surface area contributed by atoms with Gasteiger partial charge in [0.1, 0.15) is 6.54 Å². The van der Waals surface area contributed by atoms with E-state index in [0.29, 0.717) is 28.0 Å². The third-order valence-electron chi connectivity index (χ3n) is 4.52. The van der Waals surface area contributed by atoms with Crippen molar-refractivity contribution in [3.05, 3.63) is 74.4 Å². The highest BCUT2D eigenvalue weighted by molar-refractivity contribution is 6.30. The molecule has 7 heteroatoms. The van der Waals surface area contributed by atoms with Gasteiger partial charge >= 0.3 is 5.69 Å². The third-order valence-corrected chi connectivity index (χ3v) is 4.76. The summed E-state index contributed by atoms with van der Waals surface area (Å²) in [5, 5.41) is 3.64. The van der Waals surface area contributed by atoms with Crippen molar-refractivity contribution in [2.45, 2.75) is 32.9 Å². The lowest BCUT2D eigenvalue weighted by Crippen LogP contribution is -2.43. The first kappa shape index (κ1) is 18.9. The molecule has 0 saturated carbocycles. The van der Waals surface area contributed by atoms with Crippen molar-refractivity contribution in [2.75, 3.05) is 5.32 Å². The zero-order valence-electron chi connectivity index (χ0n) is 15.1. The van der Waals surface area contributed by atoms with Crippen LogP contribution in [0.4, 0.5) is 5.69 Å². The number of carbonyl (C=O) groups is 1. The van der Waals surface area contributed by atoms with E-state index in [2.05, 4.69) is 5.32 Å². The number of hydrogen-bond acceptors (Lipinski definition) is 3. The van der Waals surface area contributed by atoms with Crippen LogP contribution in [-0.4, -0.2) is 15.0 Å². The van der Waals surface area contributed by atoms with Crippen molar-refractivity contribution in [3.63, 3.8) is 0 Å². The second-order valence-electron chi connectivity index (χ2n) is 6.38. The summed E-state index contributed by atoms with van der Waals surface area (Å²) in [5.41, 5.74) is 0.152. The Morgan fingerprint density at radius 3 is 2.59 bits per heavy atom. The second kappa shape index (κ2) is 7.80. The summed E-state index contributed by atoms with van der Waals surface area (Å²) >= 11 is 5.94. The summed E-state index contributed by atoms with van der Waals surface area (Å²) < 4.78 is 2.55. The Kier molecular flexibility index (Phi) is 5.46. The van der Waals surface area contributed by atoms with E-state index in [1.54, 1.807) is 48.5 Å². The fourth-order valence-corrected chi connectivity index (χ4v) is 3.16. The van der Waals surface area contributed by atoms with E-state index >= 15 is 0 Å².